The predicted octanol–water partition coefficient (Wildman–Crippen LogP) is 3.35. The maximum absolute atomic E-state index is 12.9. The molecule has 178 valence electrons. The lowest BCUT2D eigenvalue weighted by Gasteiger charge is -2.19. The van der Waals surface area contributed by atoms with Crippen molar-refractivity contribution in [2.45, 2.75) is 37.7 Å². The topological polar surface area (TPSA) is 87.7 Å². The van der Waals surface area contributed by atoms with Crippen LogP contribution in [0.15, 0.2) is 61.2 Å². The molecule has 10 heteroatoms. The first-order valence-electron chi connectivity index (χ1n) is 9.98. The Morgan fingerprint density at radius 3 is 2.27 bits per heavy atom. The van der Waals surface area contributed by atoms with Crippen molar-refractivity contribution in [3.05, 3.63) is 78.1 Å². The lowest BCUT2D eigenvalue weighted by Crippen LogP contribution is -2.39. The van der Waals surface area contributed by atoms with Crippen molar-refractivity contribution >= 4 is 11.8 Å². The molecule has 3 N–H and O–H groups in total. The number of nitrogens with one attached hydrogen (secondary N) is 2. The molecule has 2 aromatic carbocycles. The number of carbonyl (C=O) groups excluding carboxylic acids is 2. The van der Waals surface area contributed by atoms with Gasteiger partial charge in [-0.2, -0.15) is 13.2 Å². The number of aliphatic hydroxyl groups is 1. The highest BCUT2D eigenvalue weighted by Gasteiger charge is 2.29. The SMILES string of the molecule is C=CC(CC(O)CC(=O)NCc1ccc(C(F)(F)F)cc1)NC(=O)COc1ccc(F)cc1. The van der Waals surface area contributed by atoms with Gasteiger partial charge in [0.15, 0.2) is 6.61 Å². The molecule has 0 saturated carbocycles. The van der Waals surface area contributed by atoms with Crippen LogP contribution in [0, 0.1) is 5.82 Å². The van der Waals surface area contributed by atoms with E-state index in [1.165, 1.54) is 42.5 Å². The van der Waals surface area contributed by atoms with E-state index in [1.54, 1.807) is 0 Å². The zero-order valence-electron chi connectivity index (χ0n) is 17.6. The van der Waals surface area contributed by atoms with E-state index < -0.39 is 41.5 Å². The minimum atomic E-state index is -4.43. The van der Waals surface area contributed by atoms with Crippen molar-refractivity contribution in [1.82, 2.24) is 10.6 Å². The van der Waals surface area contributed by atoms with Gasteiger partial charge in [-0.25, -0.2) is 4.39 Å². The zero-order valence-corrected chi connectivity index (χ0v) is 17.6. The molecule has 0 aliphatic heterocycles. The summed E-state index contributed by atoms with van der Waals surface area (Å²) in [6.45, 7) is 3.26. The first kappa shape index (κ1) is 25.9. The van der Waals surface area contributed by atoms with Crippen LogP contribution in [-0.4, -0.2) is 35.7 Å². The Labute approximate surface area is 188 Å². The van der Waals surface area contributed by atoms with Crippen molar-refractivity contribution in [3.63, 3.8) is 0 Å². The average molecular weight is 468 g/mol. The summed E-state index contributed by atoms with van der Waals surface area (Å²) in [5.41, 5.74) is -0.309. The number of rotatable bonds is 11. The summed E-state index contributed by atoms with van der Waals surface area (Å²) in [5.74, 6) is -1.12. The highest BCUT2D eigenvalue weighted by molar-refractivity contribution is 5.78. The molecule has 0 aliphatic rings. The van der Waals surface area contributed by atoms with Crippen LogP contribution in [0.2, 0.25) is 0 Å². The second kappa shape index (κ2) is 12.0. The highest BCUT2D eigenvalue weighted by atomic mass is 19.4. The monoisotopic (exact) mass is 468 g/mol. The van der Waals surface area contributed by atoms with E-state index in [0.717, 1.165) is 12.1 Å². The van der Waals surface area contributed by atoms with Gasteiger partial charge in [0, 0.05) is 12.6 Å². The molecular formula is C23H24F4N2O4. The molecule has 6 nitrogen and oxygen atoms in total. The van der Waals surface area contributed by atoms with E-state index in [-0.39, 0.29) is 26.0 Å². The van der Waals surface area contributed by atoms with Gasteiger partial charge >= 0.3 is 6.18 Å². The van der Waals surface area contributed by atoms with Crippen molar-refractivity contribution < 1.29 is 37.0 Å². The van der Waals surface area contributed by atoms with Crippen LogP contribution in [0.1, 0.15) is 24.0 Å². The number of ether oxygens (including phenoxy) is 1. The van der Waals surface area contributed by atoms with Gasteiger partial charge in [0.2, 0.25) is 5.91 Å². The number of hydrogen-bond acceptors (Lipinski definition) is 4. The molecule has 0 aliphatic carbocycles. The zero-order chi connectivity index (χ0) is 24.4. The van der Waals surface area contributed by atoms with Crippen LogP contribution >= 0.6 is 0 Å². The normalized spacial score (nSPS) is 13.0. The Bertz CT molecular complexity index is 931. The maximum Gasteiger partial charge on any atom is 0.416 e. The van der Waals surface area contributed by atoms with Crippen molar-refractivity contribution in [1.29, 1.82) is 0 Å². The quantitative estimate of drug-likeness (QED) is 0.349. The number of benzene rings is 2. The second-order valence-electron chi connectivity index (χ2n) is 7.22. The van der Waals surface area contributed by atoms with Gasteiger partial charge in [0.1, 0.15) is 11.6 Å². The highest BCUT2D eigenvalue weighted by Crippen LogP contribution is 2.29. The lowest BCUT2D eigenvalue weighted by atomic mass is 10.1. The van der Waals surface area contributed by atoms with Gasteiger partial charge in [-0.3, -0.25) is 9.59 Å². The van der Waals surface area contributed by atoms with Crippen molar-refractivity contribution in [3.8, 4) is 5.75 Å². The Morgan fingerprint density at radius 2 is 1.70 bits per heavy atom. The molecule has 0 aromatic heterocycles. The summed E-state index contributed by atoms with van der Waals surface area (Å²) in [6, 6.07) is 8.87. The van der Waals surface area contributed by atoms with Crippen LogP contribution < -0.4 is 15.4 Å². The molecule has 2 aromatic rings. The lowest BCUT2D eigenvalue weighted by molar-refractivity contribution is -0.137. The Kier molecular flexibility index (Phi) is 9.41. The van der Waals surface area contributed by atoms with Crippen LogP contribution in [0.5, 0.6) is 5.75 Å². The number of hydrogen-bond donors (Lipinski definition) is 3. The summed E-state index contributed by atoms with van der Waals surface area (Å²) < 4.78 is 55.8. The number of halogens is 4. The first-order valence-corrected chi connectivity index (χ1v) is 9.98. The first-order chi connectivity index (χ1) is 15.6. The molecule has 0 spiro atoms. The van der Waals surface area contributed by atoms with Crippen LogP contribution in [0.4, 0.5) is 17.6 Å². The Hall–Kier alpha value is -3.40. The summed E-state index contributed by atoms with van der Waals surface area (Å²) >= 11 is 0. The Balaban J connectivity index is 1.72. The number of amides is 2. The predicted molar refractivity (Wildman–Crippen MR) is 113 cm³/mol. The fourth-order valence-electron chi connectivity index (χ4n) is 2.82. The smallest absolute Gasteiger partial charge is 0.416 e. The largest absolute Gasteiger partial charge is 0.484 e. The summed E-state index contributed by atoms with van der Waals surface area (Å²) in [7, 11) is 0. The third-order valence-corrected chi connectivity index (χ3v) is 4.53. The van der Waals surface area contributed by atoms with E-state index in [1.807, 2.05) is 0 Å². The van der Waals surface area contributed by atoms with Crippen LogP contribution in [0.3, 0.4) is 0 Å². The number of alkyl halides is 3. The third kappa shape index (κ3) is 9.32. The molecule has 33 heavy (non-hydrogen) atoms. The number of carbonyl (C=O) groups is 2. The van der Waals surface area contributed by atoms with E-state index in [9.17, 15) is 32.3 Å². The average Bonchev–Trinajstić information content (AvgIpc) is 2.76. The van der Waals surface area contributed by atoms with E-state index in [4.69, 9.17) is 4.74 Å². The van der Waals surface area contributed by atoms with Crippen LogP contribution in [-0.2, 0) is 22.3 Å². The van der Waals surface area contributed by atoms with E-state index in [2.05, 4.69) is 17.2 Å². The maximum atomic E-state index is 12.9. The van der Waals surface area contributed by atoms with Crippen molar-refractivity contribution in [2.24, 2.45) is 0 Å². The molecule has 2 amide bonds. The minimum absolute atomic E-state index is 0.00599. The van der Waals surface area contributed by atoms with Gasteiger partial charge < -0.3 is 20.5 Å². The van der Waals surface area contributed by atoms with Gasteiger partial charge in [-0.1, -0.05) is 18.2 Å². The molecule has 0 heterocycles. The van der Waals surface area contributed by atoms with E-state index in [0.29, 0.717) is 11.3 Å². The molecule has 0 fully saturated rings. The number of aliphatic hydroxyl groups excluding tert-OH is 1. The third-order valence-electron chi connectivity index (χ3n) is 4.53. The molecule has 2 rings (SSSR count). The summed E-state index contributed by atoms with van der Waals surface area (Å²) in [6.07, 6.45) is -4.39. The van der Waals surface area contributed by atoms with Crippen molar-refractivity contribution in [2.75, 3.05) is 6.61 Å². The molecule has 0 radical (unpaired) electrons. The molecule has 0 bridgehead atoms. The van der Waals surface area contributed by atoms with Gasteiger partial charge in [-0.05, 0) is 48.4 Å². The minimum Gasteiger partial charge on any atom is -0.484 e. The standard InChI is InChI=1S/C23H24F4N2O4/c1-2-18(29-22(32)14-33-20-9-7-17(24)8-10-20)11-19(30)12-21(31)28-13-15-3-5-16(6-4-15)23(25,26)27/h2-10,18-19,30H,1,11-14H2,(H,28,31)(H,29,32). The second-order valence-corrected chi connectivity index (χ2v) is 7.22. The van der Waals surface area contributed by atoms with Gasteiger partial charge in [0.05, 0.1) is 18.1 Å². The van der Waals surface area contributed by atoms with E-state index >= 15 is 0 Å². The van der Waals surface area contributed by atoms with Crippen LogP contribution in [0.25, 0.3) is 0 Å². The summed E-state index contributed by atoms with van der Waals surface area (Å²) in [5, 5.41) is 15.2. The molecule has 2 atom stereocenters. The molecule has 0 saturated heterocycles. The molecular weight excluding hydrogens is 444 g/mol. The Morgan fingerprint density at radius 1 is 1.06 bits per heavy atom. The fourth-order valence-corrected chi connectivity index (χ4v) is 2.82. The summed E-state index contributed by atoms with van der Waals surface area (Å²) in [4.78, 5) is 24.0. The molecule has 2 unspecified atom stereocenters. The van der Waals surface area contributed by atoms with Gasteiger partial charge in [-0.15, -0.1) is 6.58 Å². The fraction of sp³-hybridized carbons (Fsp3) is 0.304. The van der Waals surface area contributed by atoms with Gasteiger partial charge in [0.25, 0.3) is 5.91 Å².